The van der Waals surface area contributed by atoms with Crippen LogP contribution in [-0.4, -0.2) is 65.6 Å². The smallest absolute Gasteiger partial charge is 0.294 e. The first-order valence-corrected chi connectivity index (χ1v) is 14.4. The van der Waals surface area contributed by atoms with Crippen LogP contribution in [0.1, 0.15) is 57.1 Å². The summed E-state index contributed by atoms with van der Waals surface area (Å²) in [5.41, 5.74) is 2.41. The van der Waals surface area contributed by atoms with Gasteiger partial charge in [0, 0.05) is 18.8 Å². The Bertz CT molecular complexity index is 1300. The Balaban J connectivity index is 1.41. The Labute approximate surface area is 238 Å². The zero-order chi connectivity index (χ0) is 28.6. The molecule has 0 unspecified atom stereocenters. The Morgan fingerprint density at radius 1 is 1.02 bits per heavy atom. The highest BCUT2D eigenvalue weighted by Gasteiger charge is 2.37. The zero-order valence-electron chi connectivity index (χ0n) is 23.1. The Morgan fingerprint density at radius 2 is 1.77 bits per heavy atom. The average Bonchev–Trinajstić information content (AvgIpc) is 3.20. The van der Waals surface area contributed by atoms with Crippen molar-refractivity contribution in [2.45, 2.75) is 46.0 Å². The third-order valence-electron chi connectivity index (χ3n) is 6.66. The minimum Gasteiger partial charge on any atom is -0.490 e. The highest BCUT2D eigenvalue weighted by molar-refractivity contribution is 8.18. The van der Waals surface area contributed by atoms with Crippen molar-refractivity contribution in [3.63, 3.8) is 0 Å². The molecule has 2 heterocycles. The summed E-state index contributed by atoms with van der Waals surface area (Å²) >= 11 is 0.810. The number of amides is 4. The second kappa shape index (κ2) is 13.5. The van der Waals surface area contributed by atoms with Gasteiger partial charge in [-0.1, -0.05) is 38.1 Å². The van der Waals surface area contributed by atoms with Crippen LogP contribution < -0.4 is 14.8 Å². The zero-order valence-corrected chi connectivity index (χ0v) is 23.9. The van der Waals surface area contributed by atoms with Crippen LogP contribution in [0.2, 0.25) is 0 Å². The first-order valence-electron chi connectivity index (χ1n) is 13.6. The van der Waals surface area contributed by atoms with E-state index >= 15 is 0 Å². The topological polar surface area (TPSA) is 105 Å². The van der Waals surface area contributed by atoms with E-state index in [4.69, 9.17) is 9.47 Å². The third kappa shape index (κ3) is 7.24. The predicted molar refractivity (Wildman–Crippen MR) is 155 cm³/mol. The van der Waals surface area contributed by atoms with Crippen LogP contribution in [0.5, 0.6) is 11.5 Å². The number of anilines is 1. The summed E-state index contributed by atoms with van der Waals surface area (Å²) in [7, 11) is 0. The molecule has 2 aromatic carbocycles. The lowest BCUT2D eigenvalue weighted by molar-refractivity contribution is -0.136. The summed E-state index contributed by atoms with van der Waals surface area (Å²) in [5, 5.41) is 2.44. The van der Waals surface area contributed by atoms with E-state index in [9.17, 15) is 19.2 Å². The molecule has 4 rings (SSSR count). The normalized spacial score (nSPS) is 16.6. The van der Waals surface area contributed by atoms with Crippen LogP contribution >= 0.6 is 11.8 Å². The van der Waals surface area contributed by atoms with Crippen molar-refractivity contribution in [2.24, 2.45) is 0 Å². The summed E-state index contributed by atoms with van der Waals surface area (Å²) < 4.78 is 11.5. The summed E-state index contributed by atoms with van der Waals surface area (Å²) in [6.45, 7) is 7.18. The molecule has 0 saturated carbocycles. The Hall–Kier alpha value is -3.79. The Kier molecular flexibility index (Phi) is 9.87. The van der Waals surface area contributed by atoms with Gasteiger partial charge in [-0.15, -0.1) is 0 Å². The minimum absolute atomic E-state index is 0.208. The number of nitrogens with zero attached hydrogens (tertiary/aromatic N) is 2. The molecule has 0 spiro atoms. The molecule has 2 fully saturated rings. The van der Waals surface area contributed by atoms with Crippen LogP contribution in [-0.2, 0) is 14.4 Å². The maximum absolute atomic E-state index is 13.0. The molecule has 2 saturated heterocycles. The van der Waals surface area contributed by atoms with Crippen LogP contribution in [0.25, 0.3) is 6.08 Å². The van der Waals surface area contributed by atoms with Gasteiger partial charge in [-0.25, -0.2) is 0 Å². The van der Waals surface area contributed by atoms with Gasteiger partial charge in [0.2, 0.25) is 5.91 Å². The van der Waals surface area contributed by atoms with E-state index in [0.717, 1.165) is 47.2 Å². The van der Waals surface area contributed by atoms with Crippen molar-refractivity contribution < 1.29 is 28.7 Å². The van der Waals surface area contributed by atoms with Gasteiger partial charge < -0.3 is 19.7 Å². The quantitative estimate of drug-likeness (QED) is 0.391. The lowest BCUT2D eigenvalue weighted by Crippen LogP contribution is -2.44. The van der Waals surface area contributed by atoms with Crippen LogP contribution in [0.15, 0.2) is 47.4 Å². The van der Waals surface area contributed by atoms with Crippen LogP contribution in [0.4, 0.5) is 10.5 Å². The molecule has 40 heavy (non-hydrogen) atoms. The van der Waals surface area contributed by atoms with Crippen LogP contribution in [0, 0.1) is 0 Å². The number of carbonyl (C=O) groups excluding carboxylic acids is 4. The molecule has 212 valence electrons. The van der Waals surface area contributed by atoms with Crippen molar-refractivity contribution in [1.29, 1.82) is 0 Å². The fourth-order valence-electron chi connectivity index (χ4n) is 4.61. The second-order valence-electron chi connectivity index (χ2n) is 9.93. The summed E-state index contributed by atoms with van der Waals surface area (Å²) in [4.78, 5) is 53.7. The van der Waals surface area contributed by atoms with Crippen molar-refractivity contribution >= 4 is 46.5 Å². The van der Waals surface area contributed by atoms with E-state index in [-0.39, 0.29) is 35.8 Å². The maximum atomic E-state index is 13.0. The maximum Gasteiger partial charge on any atom is 0.294 e. The minimum atomic E-state index is -0.489. The first kappa shape index (κ1) is 29.2. The van der Waals surface area contributed by atoms with Crippen molar-refractivity contribution in [3.05, 3.63) is 58.5 Å². The molecule has 0 atom stereocenters. The summed E-state index contributed by atoms with van der Waals surface area (Å²) in [6, 6.07) is 12.7. The molecule has 2 aliphatic rings. The van der Waals surface area contributed by atoms with E-state index in [0.29, 0.717) is 36.8 Å². The number of ether oxygens (including phenoxy) is 2. The number of para-hydroxylation sites is 1. The number of thioether (sulfide) groups is 1. The van der Waals surface area contributed by atoms with E-state index in [1.54, 1.807) is 29.2 Å². The Morgan fingerprint density at radius 3 is 2.50 bits per heavy atom. The van der Waals surface area contributed by atoms with Crippen LogP contribution in [0.3, 0.4) is 0 Å². The standard InChI is InChI=1S/C30H35N3O6S/c1-4-38-25-16-21(12-13-24(25)39-19-27(34)31-23-11-7-6-10-22(23)20(2)3)17-26-29(36)33(30(37)40-26)18-28(35)32-14-8-5-9-15-32/h6-7,10-13,16-17,20H,4-5,8-9,14-15,18-19H2,1-3H3,(H,31,34)/b26-17+. The summed E-state index contributed by atoms with van der Waals surface area (Å²) in [5.74, 6) is 0.0493. The number of carbonyl (C=O) groups is 4. The van der Waals surface area contributed by atoms with Gasteiger partial charge in [0.1, 0.15) is 6.54 Å². The molecule has 0 bridgehead atoms. The molecule has 2 aromatic rings. The molecule has 4 amide bonds. The number of piperidine rings is 1. The van der Waals surface area contributed by atoms with Gasteiger partial charge in [0.05, 0.1) is 11.5 Å². The fraction of sp³-hybridized carbons (Fsp3) is 0.400. The van der Waals surface area contributed by atoms with Crippen molar-refractivity contribution in [3.8, 4) is 11.5 Å². The first-order chi connectivity index (χ1) is 19.3. The highest BCUT2D eigenvalue weighted by atomic mass is 32.2. The highest BCUT2D eigenvalue weighted by Crippen LogP contribution is 2.35. The molecular weight excluding hydrogens is 530 g/mol. The molecule has 10 heteroatoms. The molecular formula is C30H35N3O6S. The number of nitrogens with one attached hydrogen (secondary N) is 1. The van der Waals surface area contributed by atoms with Gasteiger partial charge in [0.25, 0.3) is 17.1 Å². The van der Waals surface area contributed by atoms with Gasteiger partial charge in [-0.05, 0) is 79.3 Å². The second-order valence-corrected chi connectivity index (χ2v) is 10.9. The van der Waals surface area contributed by atoms with Gasteiger partial charge in [-0.2, -0.15) is 0 Å². The average molecular weight is 566 g/mol. The molecule has 2 aliphatic heterocycles. The number of likely N-dealkylation sites (tertiary alicyclic amines) is 1. The molecule has 0 aliphatic carbocycles. The number of benzene rings is 2. The van der Waals surface area contributed by atoms with E-state index in [1.807, 2.05) is 31.2 Å². The largest absolute Gasteiger partial charge is 0.490 e. The lowest BCUT2D eigenvalue weighted by Gasteiger charge is -2.27. The van der Waals surface area contributed by atoms with Gasteiger partial charge >= 0.3 is 0 Å². The third-order valence-corrected chi connectivity index (χ3v) is 7.56. The monoisotopic (exact) mass is 565 g/mol. The van der Waals surface area contributed by atoms with Crippen molar-refractivity contribution in [2.75, 3.05) is 38.2 Å². The number of imide groups is 1. The lowest BCUT2D eigenvalue weighted by atomic mass is 10.0. The number of hydrogen-bond donors (Lipinski definition) is 1. The molecule has 0 radical (unpaired) electrons. The van der Waals surface area contributed by atoms with E-state index in [2.05, 4.69) is 19.2 Å². The predicted octanol–water partition coefficient (Wildman–Crippen LogP) is 5.28. The van der Waals surface area contributed by atoms with E-state index < -0.39 is 11.1 Å². The van der Waals surface area contributed by atoms with Crippen molar-refractivity contribution in [1.82, 2.24) is 9.80 Å². The number of hydrogen-bond acceptors (Lipinski definition) is 7. The SMILES string of the molecule is CCOc1cc(/C=C2/SC(=O)N(CC(=O)N3CCCCC3)C2=O)ccc1OCC(=O)Nc1ccccc1C(C)C. The fourth-order valence-corrected chi connectivity index (χ4v) is 5.45. The van der Waals surface area contributed by atoms with Gasteiger partial charge in [0.15, 0.2) is 18.1 Å². The molecule has 9 nitrogen and oxygen atoms in total. The number of rotatable bonds is 10. The molecule has 1 N–H and O–H groups in total. The molecule has 0 aromatic heterocycles. The summed E-state index contributed by atoms with van der Waals surface area (Å²) in [6.07, 6.45) is 4.55. The van der Waals surface area contributed by atoms with E-state index in [1.165, 1.54) is 0 Å². The van der Waals surface area contributed by atoms with Gasteiger partial charge in [-0.3, -0.25) is 24.1 Å².